The normalized spacial score (nSPS) is 10.4. The number of anilines is 1. The summed E-state index contributed by atoms with van der Waals surface area (Å²) in [5.74, 6) is 0. The third-order valence-corrected chi connectivity index (χ3v) is 4.20. The lowest BCUT2D eigenvalue weighted by Gasteiger charge is -2.11. The van der Waals surface area contributed by atoms with Crippen molar-refractivity contribution in [3.63, 3.8) is 0 Å². The molecular weight excluding hydrogens is 333 g/mol. The minimum atomic E-state index is 0.709. The van der Waals surface area contributed by atoms with Gasteiger partial charge in [0.25, 0.3) is 0 Å². The molecule has 0 bridgehead atoms. The van der Waals surface area contributed by atoms with Gasteiger partial charge >= 0.3 is 0 Å². The third-order valence-electron chi connectivity index (χ3n) is 2.68. The van der Waals surface area contributed by atoms with E-state index in [9.17, 15) is 0 Å². The van der Waals surface area contributed by atoms with Crippen molar-refractivity contribution in [1.29, 1.82) is 0 Å². The molecule has 1 nitrogen and oxygen atoms in total. The number of aryl methyl sites for hydroxylation is 1. The summed E-state index contributed by atoms with van der Waals surface area (Å²) in [4.78, 5) is 0. The summed E-state index contributed by atoms with van der Waals surface area (Å²) in [6.45, 7) is 2.74. The van der Waals surface area contributed by atoms with Gasteiger partial charge in [-0.15, -0.1) is 0 Å². The predicted molar refractivity (Wildman–Crippen MR) is 82.7 cm³/mol. The molecule has 0 spiro atoms. The van der Waals surface area contributed by atoms with Gasteiger partial charge in [-0.3, -0.25) is 0 Å². The van der Waals surface area contributed by atoms with Gasteiger partial charge in [-0.25, -0.2) is 0 Å². The quantitative estimate of drug-likeness (QED) is 0.755. The number of halogens is 3. The van der Waals surface area contributed by atoms with Gasteiger partial charge in [0, 0.05) is 11.0 Å². The zero-order valence-electron chi connectivity index (χ0n) is 9.81. The van der Waals surface area contributed by atoms with Crippen LogP contribution in [-0.2, 0) is 6.54 Å². The van der Waals surface area contributed by atoms with Crippen LogP contribution >= 0.6 is 39.1 Å². The van der Waals surface area contributed by atoms with Crippen molar-refractivity contribution < 1.29 is 0 Å². The van der Waals surface area contributed by atoms with Crippen LogP contribution in [0.2, 0.25) is 10.0 Å². The van der Waals surface area contributed by atoms with Crippen LogP contribution in [0, 0.1) is 6.92 Å². The van der Waals surface area contributed by atoms with Crippen LogP contribution in [0.1, 0.15) is 11.1 Å². The Kier molecular flexibility index (Phi) is 4.55. The van der Waals surface area contributed by atoms with E-state index in [2.05, 4.69) is 21.2 Å². The van der Waals surface area contributed by atoms with E-state index in [0.717, 1.165) is 26.3 Å². The molecule has 94 valence electrons. The van der Waals surface area contributed by atoms with Crippen molar-refractivity contribution in [1.82, 2.24) is 0 Å². The molecule has 18 heavy (non-hydrogen) atoms. The molecule has 0 aliphatic heterocycles. The van der Waals surface area contributed by atoms with Gasteiger partial charge in [0.1, 0.15) is 0 Å². The van der Waals surface area contributed by atoms with Gasteiger partial charge in [-0.1, -0.05) is 41.4 Å². The molecule has 0 aliphatic carbocycles. The summed E-state index contributed by atoms with van der Waals surface area (Å²) in [6, 6.07) is 11.7. The highest BCUT2D eigenvalue weighted by molar-refractivity contribution is 9.10. The monoisotopic (exact) mass is 343 g/mol. The molecular formula is C14H12BrCl2N. The largest absolute Gasteiger partial charge is 0.380 e. The fourth-order valence-electron chi connectivity index (χ4n) is 1.70. The molecule has 0 unspecified atom stereocenters. The zero-order chi connectivity index (χ0) is 13.1. The predicted octanol–water partition coefficient (Wildman–Crippen LogP) is 5.68. The minimum Gasteiger partial charge on any atom is -0.380 e. The SMILES string of the molecule is Cc1cccc(Cl)c1NCc1ccc(Cl)c(Br)c1. The van der Waals surface area contributed by atoms with E-state index >= 15 is 0 Å². The molecule has 0 fully saturated rings. The minimum absolute atomic E-state index is 0.709. The lowest BCUT2D eigenvalue weighted by atomic mass is 10.2. The van der Waals surface area contributed by atoms with Gasteiger partial charge < -0.3 is 5.32 Å². The standard InChI is InChI=1S/C14H12BrCl2N/c1-9-3-2-4-13(17)14(9)18-8-10-5-6-12(16)11(15)7-10/h2-7,18H,8H2,1H3. The second kappa shape index (κ2) is 5.96. The van der Waals surface area contributed by atoms with Crippen LogP contribution in [0.25, 0.3) is 0 Å². The van der Waals surface area contributed by atoms with Crippen molar-refractivity contribution in [2.45, 2.75) is 13.5 Å². The van der Waals surface area contributed by atoms with E-state index in [1.54, 1.807) is 0 Å². The summed E-state index contributed by atoms with van der Waals surface area (Å²) in [5.41, 5.74) is 3.26. The molecule has 4 heteroatoms. The molecule has 0 heterocycles. The zero-order valence-corrected chi connectivity index (χ0v) is 12.9. The van der Waals surface area contributed by atoms with E-state index in [1.165, 1.54) is 0 Å². The maximum Gasteiger partial charge on any atom is 0.0640 e. The first-order chi connectivity index (χ1) is 8.58. The van der Waals surface area contributed by atoms with Crippen molar-refractivity contribution in [3.8, 4) is 0 Å². The van der Waals surface area contributed by atoms with Crippen LogP contribution in [-0.4, -0.2) is 0 Å². The number of nitrogens with one attached hydrogen (secondary N) is 1. The van der Waals surface area contributed by atoms with Gasteiger partial charge in [0.2, 0.25) is 0 Å². The summed E-state index contributed by atoms with van der Waals surface area (Å²) in [6.07, 6.45) is 0. The summed E-state index contributed by atoms with van der Waals surface area (Å²) < 4.78 is 0.902. The van der Waals surface area contributed by atoms with E-state index in [0.29, 0.717) is 11.6 Å². The maximum absolute atomic E-state index is 6.16. The fourth-order valence-corrected chi connectivity index (χ4v) is 2.53. The van der Waals surface area contributed by atoms with Crippen molar-refractivity contribution >= 4 is 44.8 Å². The lowest BCUT2D eigenvalue weighted by Crippen LogP contribution is -2.01. The van der Waals surface area contributed by atoms with Gasteiger partial charge in [0.15, 0.2) is 0 Å². The highest BCUT2D eigenvalue weighted by Crippen LogP contribution is 2.27. The van der Waals surface area contributed by atoms with E-state index in [-0.39, 0.29) is 0 Å². The van der Waals surface area contributed by atoms with Gasteiger partial charge in [-0.2, -0.15) is 0 Å². The second-order valence-corrected chi connectivity index (χ2v) is 5.70. The molecule has 0 saturated heterocycles. The Balaban J connectivity index is 2.14. The Morgan fingerprint density at radius 3 is 2.56 bits per heavy atom. The van der Waals surface area contributed by atoms with E-state index in [1.807, 2.05) is 43.3 Å². The molecule has 2 aromatic rings. The van der Waals surface area contributed by atoms with Crippen LogP contribution in [0.3, 0.4) is 0 Å². The molecule has 0 aliphatic rings. The lowest BCUT2D eigenvalue weighted by molar-refractivity contribution is 1.14. The highest BCUT2D eigenvalue weighted by Gasteiger charge is 2.04. The van der Waals surface area contributed by atoms with Crippen LogP contribution < -0.4 is 5.32 Å². The topological polar surface area (TPSA) is 12.0 Å². The summed E-state index contributed by atoms with van der Waals surface area (Å²) in [7, 11) is 0. The van der Waals surface area contributed by atoms with Crippen LogP contribution in [0.5, 0.6) is 0 Å². The Hall–Kier alpha value is -0.700. The Labute approximate surface area is 125 Å². The van der Waals surface area contributed by atoms with Crippen LogP contribution in [0.15, 0.2) is 40.9 Å². The first-order valence-corrected chi connectivity index (χ1v) is 7.06. The van der Waals surface area contributed by atoms with Gasteiger partial charge in [0.05, 0.1) is 15.7 Å². The number of benzene rings is 2. The molecule has 2 rings (SSSR count). The Morgan fingerprint density at radius 1 is 1.11 bits per heavy atom. The second-order valence-electron chi connectivity index (χ2n) is 4.03. The number of hydrogen-bond donors (Lipinski definition) is 1. The first kappa shape index (κ1) is 13.7. The summed E-state index contributed by atoms with van der Waals surface area (Å²) >= 11 is 15.5. The summed E-state index contributed by atoms with van der Waals surface area (Å²) in [5, 5.41) is 4.80. The van der Waals surface area contributed by atoms with Crippen LogP contribution in [0.4, 0.5) is 5.69 Å². The van der Waals surface area contributed by atoms with Crippen molar-refractivity contribution in [2.75, 3.05) is 5.32 Å². The van der Waals surface area contributed by atoms with Crippen molar-refractivity contribution in [3.05, 3.63) is 62.0 Å². The average Bonchev–Trinajstić information content (AvgIpc) is 2.33. The van der Waals surface area contributed by atoms with E-state index < -0.39 is 0 Å². The molecule has 0 amide bonds. The Morgan fingerprint density at radius 2 is 1.89 bits per heavy atom. The average molecular weight is 345 g/mol. The molecule has 0 radical (unpaired) electrons. The maximum atomic E-state index is 6.16. The molecule has 0 saturated carbocycles. The molecule has 2 aromatic carbocycles. The fraction of sp³-hybridized carbons (Fsp3) is 0.143. The van der Waals surface area contributed by atoms with E-state index in [4.69, 9.17) is 23.2 Å². The first-order valence-electron chi connectivity index (χ1n) is 5.51. The highest BCUT2D eigenvalue weighted by atomic mass is 79.9. The molecule has 0 aromatic heterocycles. The third kappa shape index (κ3) is 3.19. The number of para-hydroxylation sites is 1. The molecule has 1 N–H and O–H groups in total. The number of hydrogen-bond acceptors (Lipinski definition) is 1. The molecule has 0 atom stereocenters. The van der Waals surface area contributed by atoms with Gasteiger partial charge in [-0.05, 0) is 52.2 Å². The Bertz CT molecular complexity index is 549. The smallest absolute Gasteiger partial charge is 0.0640 e. The number of rotatable bonds is 3. The van der Waals surface area contributed by atoms with Crippen molar-refractivity contribution in [2.24, 2.45) is 0 Å².